The number of carbonyl (C=O) groups excluding carboxylic acids is 1. The molecule has 3 aromatic rings. The number of carbonyl (C=O) groups is 1. The van der Waals surface area contributed by atoms with Crippen molar-refractivity contribution in [1.29, 1.82) is 0 Å². The third-order valence-corrected chi connectivity index (χ3v) is 6.48. The second-order valence-electron chi connectivity index (χ2n) is 7.21. The summed E-state index contributed by atoms with van der Waals surface area (Å²) in [6.45, 7) is 0. The fraction of sp³-hybridized carbons (Fsp3) is 0.174. The van der Waals surface area contributed by atoms with Gasteiger partial charge in [-0.25, -0.2) is 8.42 Å². The molecule has 1 heterocycles. The summed E-state index contributed by atoms with van der Waals surface area (Å²) < 4.78 is 37.9. The first-order valence-corrected chi connectivity index (χ1v) is 11.6. The maximum atomic E-state index is 12.7. The largest absolute Gasteiger partial charge is 0.481 e. The van der Waals surface area contributed by atoms with Gasteiger partial charge in [0.05, 0.1) is 19.1 Å². The number of anilines is 2. The second kappa shape index (κ2) is 9.29. The van der Waals surface area contributed by atoms with E-state index in [0.29, 0.717) is 17.7 Å². The quantitative estimate of drug-likeness (QED) is 0.509. The van der Waals surface area contributed by atoms with E-state index in [-0.39, 0.29) is 28.4 Å². The third kappa shape index (κ3) is 4.96. The van der Waals surface area contributed by atoms with Gasteiger partial charge in [0, 0.05) is 29.1 Å². The van der Waals surface area contributed by atoms with E-state index in [1.807, 2.05) is 24.3 Å². The zero-order valence-electron chi connectivity index (χ0n) is 18.0. The average molecular weight is 467 g/mol. The highest BCUT2D eigenvalue weighted by Crippen LogP contribution is 2.25. The number of Topliss-reactive ketones (excluding diaryl/α,β-unsaturated/α-hetero) is 1. The lowest BCUT2D eigenvalue weighted by molar-refractivity contribution is 0.102. The molecular formula is C23H22N4O5S. The molecule has 0 amide bonds. The van der Waals surface area contributed by atoms with Crippen LogP contribution in [0, 0.1) is 0 Å². The van der Waals surface area contributed by atoms with Crippen molar-refractivity contribution in [1.82, 2.24) is 9.97 Å². The zero-order chi connectivity index (χ0) is 23.4. The molecule has 0 aliphatic heterocycles. The number of aryl methyl sites for hydroxylation is 1. The fourth-order valence-electron chi connectivity index (χ4n) is 3.40. The van der Waals surface area contributed by atoms with E-state index in [9.17, 15) is 13.2 Å². The summed E-state index contributed by atoms with van der Waals surface area (Å²) in [5, 5.41) is 3.08. The van der Waals surface area contributed by atoms with Gasteiger partial charge in [-0.2, -0.15) is 9.97 Å². The summed E-state index contributed by atoms with van der Waals surface area (Å²) in [5.74, 6) is 0.178. The summed E-state index contributed by atoms with van der Waals surface area (Å²) in [6.07, 6.45) is 3.13. The van der Waals surface area contributed by atoms with Crippen LogP contribution in [0.5, 0.6) is 11.9 Å². The Morgan fingerprint density at radius 2 is 1.73 bits per heavy atom. The molecule has 2 N–H and O–H groups in total. The Morgan fingerprint density at radius 3 is 2.45 bits per heavy atom. The van der Waals surface area contributed by atoms with Crippen LogP contribution in [0.4, 0.5) is 11.5 Å². The SMILES string of the molecule is COc1cc(NS(=O)(=O)c2ccc(NC=C3CCc4ccccc4C3=O)cc2)nc(OC)n1. The molecule has 2 aromatic carbocycles. The van der Waals surface area contributed by atoms with Crippen molar-refractivity contribution in [3.63, 3.8) is 0 Å². The molecule has 1 aliphatic carbocycles. The van der Waals surface area contributed by atoms with Crippen molar-refractivity contribution in [2.45, 2.75) is 17.7 Å². The number of hydrogen-bond donors (Lipinski definition) is 2. The molecular weight excluding hydrogens is 444 g/mol. The van der Waals surface area contributed by atoms with Gasteiger partial charge in [-0.1, -0.05) is 24.3 Å². The number of hydrogen-bond acceptors (Lipinski definition) is 8. The maximum absolute atomic E-state index is 12.7. The number of methoxy groups -OCH3 is 2. The van der Waals surface area contributed by atoms with E-state index < -0.39 is 10.0 Å². The number of rotatable bonds is 7. The highest BCUT2D eigenvalue weighted by molar-refractivity contribution is 7.92. The van der Waals surface area contributed by atoms with Gasteiger partial charge in [0.25, 0.3) is 10.0 Å². The van der Waals surface area contributed by atoms with E-state index in [4.69, 9.17) is 9.47 Å². The minimum Gasteiger partial charge on any atom is -0.481 e. The Balaban J connectivity index is 1.47. The van der Waals surface area contributed by atoms with Gasteiger partial charge >= 0.3 is 6.01 Å². The number of ether oxygens (including phenoxy) is 2. The molecule has 1 aromatic heterocycles. The number of aromatic nitrogens is 2. The standard InChI is InChI=1S/C23H22N4O5S/c1-31-21-13-20(25-23(26-21)32-2)27-33(29,30)18-11-9-17(10-12-18)24-14-16-8-7-15-5-3-4-6-19(15)22(16)28/h3-6,9-14,24H,7-8H2,1-2H3,(H,25,26,27). The van der Waals surface area contributed by atoms with Crippen LogP contribution in [-0.4, -0.2) is 38.4 Å². The smallest absolute Gasteiger partial charge is 0.321 e. The number of ketones is 1. The minimum atomic E-state index is -3.91. The van der Waals surface area contributed by atoms with E-state index in [1.165, 1.54) is 32.4 Å². The number of allylic oxidation sites excluding steroid dienone is 1. The van der Waals surface area contributed by atoms with Crippen LogP contribution in [0.3, 0.4) is 0 Å². The fourth-order valence-corrected chi connectivity index (χ4v) is 4.39. The Morgan fingerprint density at radius 1 is 0.970 bits per heavy atom. The van der Waals surface area contributed by atoms with Crippen molar-refractivity contribution < 1.29 is 22.7 Å². The van der Waals surface area contributed by atoms with Gasteiger partial charge in [-0.05, 0) is 42.7 Å². The lowest BCUT2D eigenvalue weighted by Crippen LogP contribution is -2.15. The van der Waals surface area contributed by atoms with Crippen LogP contribution in [0.2, 0.25) is 0 Å². The van der Waals surface area contributed by atoms with Crippen LogP contribution in [0.1, 0.15) is 22.3 Å². The van der Waals surface area contributed by atoms with Crippen LogP contribution in [0.25, 0.3) is 0 Å². The first kappa shape index (κ1) is 22.3. The molecule has 1 aliphatic rings. The molecule has 10 heteroatoms. The lowest BCUT2D eigenvalue weighted by Gasteiger charge is -2.17. The van der Waals surface area contributed by atoms with E-state index in [1.54, 1.807) is 18.3 Å². The Kier molecular flexibility index (Phi) is 6.27. The van der Waals surface area contributed by atoms with Gasteiger partial charge < -0.3 is 14.8 Å². The molecule has 0 fully saturated rings. The van der Waals surface area contributed by atoms with Gasteiger partial charge in [0.2, 0.25) is 5.88 Å². The number of nitrogens with zero attached hydrogens (tertiary/aromatic N) is 2. The average Bonchev–Trinajstić information content (AvgIpc) is 2.83. The van der Waals surface area contributed by atoms with Crippen LogP contribution in [0.15, 0.2) is 71.3 Å². The first-order valence-electron chi connectivity index (χ1n) is 10.1. The molecule has 170 valence electrons. The van der Waals surface area contributed by atoms with Gasteiger partial charge in [0.1, 0.15) is 0 Å². The second-order valence-corrected chi connectivity index (χ2v) is 8.89. The van der Waals surface area contributed by atoms with Crippen molar-refractivity contribution in [2.24, 2.45) is 0 Å². The summed E-state index contributed by atoms with van der Waals surface area (Å²) >= 11 is 0. The summed E-state index contributed by atoms with van der Waals surface area (Å²) in [7, 11) is -1.13. The summed E-state index contributed by atoms with van der Waals surface area (Å²) in [4.78, 5) is 20.6. The predicted octanol–water partition coefficient (Wildman–Crippen LogP) is 3.42. The monoisotopic (exact) mass is 466 g/mol. The highest BCUT2D eigenvalue weighted by atomic mass is 32.2. The first-order chi connectivity index (χ1) is 15.9. The van der Waals surface area contributed by atoms with E-state index in [0.717, 1.165) is 17.5 Å². The third-order valence-electron chi connectivity index (χ3n) is 5.11. The molecule has 9 nitrogen and oxygen atoms in total. The molecule has 4 rings (SSSR count). The molecule has 0 saturated carbocycles. The van der Waals surface area contributed by atoms with E-state index >= 15 is 0 Å². The van der Waals surface area contributed by atoms with Crippen molar-refractivity contribution in [3.8, 4) is 11.9 Å². The molecule has 0 radical (unpaired) electrons. The summed E-state index contributed by atoms with van der Waals surface area (Å²) in [6, 6.07) is 15.1. The molecule has 0 spiro atoms. The molecule has 33 heavy (non-hydrogen) atoms. The van der Waals surface area contributed by atoms with Crippen LogP contribution < -0.4 is 19.5 Å². The van der Waals surface area contributed by atoms with Gasteiger partial charge in [-0.15, -0.1) is 0 Å². The van der Waals surface area contributed by atoms with Crippen molar-refractivity contribution in [2.75, 3.05) is 24.3 Å². The maximum Gasteiger partial charge on any atom is 0.321 e. The number of benzene rings is 2. The molecule has 0 unspecified atom stereocenters. The number of nitrogens with one attached hydrogen (secondary N) is 2. The Labute approximate surface area is 191 Å². The van der Waals surface area contributed by atoms with Crippen LogP contribution in [-0.2, 0) is 16.4 Å². The minimum absolute atomic E-state index is 0.00320. The van der Waals surface area contributed by atoms with Crippen molar-refractivity contribution in [3.05, 3.63) is 77.5 Å². The Bertz CT molecular complexity index is 1300. The normalized spacial score (nSPS) is 14.5. The lowest BCUT2D eigenvalue weighted by atomic mass is 9.87. The van der Waals surface area contributed by atoms with Crippen molar-refractivity contribution >= 4 is 27.3 Å². The van der Waals surface area contributed by atoms with Gasteiger partial charge in [-0.3, -0.25) is 9.52 Å². The topological polar surface area (TPSA) is 120 Å². The molecule has 0 atom stereocenters. The number of sulfonamides is 1. The molecule has 0 bridgehead atoms. The highest BCUT2D eigenvalue weighted by Gasteiger charge is 2.21. The Hall–Kier alpha value is -3.92. The predicted molar refractivity (Wildman–Crippen MR) is 123 cm³/mol. The summed E-state index contributed by atoms with van der Waals surface area (Å²) in [5.41, 5.74) is 3.11. The van der Waals surface area contributed by atoms with Gasteiger partial charge in [0.15, 0.2) is 11.6 Å². The van der Waals surface area contributed by atoms with E-state index in [2.05, 4.69) is 20.0 Å². The number of fused-ring (bicyclic) bond motifs is 1. The molecule has 0 saturated heterocycles. The zero-order valence-corrected chi connectivity index (χ0v) is 18.8. The van der Waals surface area contributed by atoms with Crippen LogP contribution >= 0.6 is 0 Å².